The lowest BCUT2D eigenvalue weighted by molar-refractivity contribution is -0.114. The highest BCUT2D eigenvalue weighted by atomic mass is 16.5. The third-order valence-electron chi connectivity index (χ3n) is 4.60. The van der Waals surface area contributed by atoms with Gasteiger partial charge in [0.25, 0.3) is 0 Å². The van der Waals surface area contributed by atoms with Gasteiger partial charge in [-0.2, -0.15) is 0 Å². The molecule has 0 aliphatic carbocycles. The van der Waals surface area contributed by atoms with E-state index in [4.69, 9.17) is 4.74 Å². The van der Waals surface area contributed by atoms with Gasteiger partial charge in [0.05, 0.1) is 16.9 Å². The zero-order valence-electron chi connectivity index (χ0n) is 15.9. The molecule has 29 heavy (non-hydrogen) atoms. The van der Waals surface area contributed by atoms with Gasteiger partial charge in [0.15, 0.2) is 6.61 Å². The van der Waals surface area contributed by atoms with E-state index in [-0.39, 0.29) is 18.3 Å². The fourth-order valence-corrected chi connectivity index (χ4v) is 3.35. The standard InChI is InChI=1S/C24H20N2O3/c1-16(27)25-20-13-7-8-14-22(20)29-15-21(28)23-18-11-5-6-12-19(18)26-24(23)17-9-3-2-4-10-17/h2-14,26H,15H2,1H3,(H,25,27). The summed E-state index contributed by atoms with van der Waals surface area (Å²) in [4.78, 5) is 28.0. The number of anilines is 1. The maximum absolute atomic E-state index is 13.2. The van der Waals surface area contributed by atoms with Crippen LogP contribution in [0.25, 0.3) is 22.2 Å². The van der Waals surface area contributed by atoms with Crippen molar-refractivity contribution in [2.24, 2.45) is 0 Å². The quantitative estimate of drug-likeness (QED) is 0.457. The van der Waals surface area contributed by atoms with E-state index in [1.54, 1.807) is 24.3 Å². The van der Waals surface area contributed by atoms with Crippen LogP contribution in [-0.4, -0.2) is 23.3 Å². The summed E-state index contributed by atoms with van der Waals surface area (Å²) < 4.78 is 5.79. The number of ether oxygens (including phenoxy) is 1. The van der Waals surface area contributed by atoms with Crippen LogP contribution in [0.15, 0.2) is 78.9 Å². The number of hydrogen-bond acceptors (Lipinski definition) is 3. The monoisotopic (exact) mass is 384 g/mol. The predicted octanol–water partition coefficient (Wildman–Crippen LogP) is 5.06. The summed E-state index contributed by atoms with van der Waals surface area (Å²) in [5.74, 6) is 0.117. The molecule has 3 aromatic carbocycles. The molecule has 5 heteroatoms. The van der Waals surface area contributed by atoms with Gasteiger partial charge < -0.3 is 15.0 Å². The molecule has 0 saturated heterocycles. The molecule has 0 saturated carbocycles. The first kappa shape index (κ1) is 18.5. The highest BCUT2D eigenvalue weighted by Crippen LogP contribution is 2.31. The van der Waals surface area contributed by atoms with E-state index >= 15 is 0 Å². The summed E-state index contributed by atoms with van der Waals surface area (Å²) in [6, 6.07) is 24.5. The van der Waals surface area contributed by atoms with E-state index in [0.29, 0.717) is 17.0 Å². The van der Waals surface area contributed by atoms with E-state index in [1.807, 2.05) is 54.6 Å². The van der Waals surface area contributed by atoms with Gasteiger partial charge in [-0.3, -0.25) is 9.59 Å². The number of H-pyrrole nitrogens is 1. The van der Waals surface area contributed by atoms with Crippen LogP contribution in [0.3, 0.4) is 0 Å². The molecule has 4 aromatic rings. The van der Waals surface area contributed by atoms with Gasteiger partial charge in [0, 0.05) is 17.8 Å². The molecule has 1 heterocycles. The molecule has 0 atom stereocenters. The van der Waals surface area contributed by atoms with Crippen molar-refractivity contribution in [3.8, 4) is 17.0 Å². The van der Waals surface area contributed by atoms with Crippen LogP contribution in [0.5, 0.6) is 5.75 Å². The number of carbonyl (C=O) groups is 2. The van der Waals surface area contributed by atoms with Gasteiger partial charge in [-0.05, 0) is 23.8 Å². The van der Waals surface area contributed by atoms with Crippen molar-refractivity contribution in [3.05, 3.63) is 84.4 Å². The number of fused-ring (bicyclic) bond motifs is 1. The van der Waals surface area contributed by atoms with Crippen molar-refractivity contribution in [2.75, 3.05) is 11.9 Å². The topological polar surface area (TPSA) is 71.2 Å². The fourth-order valence-electron chi connectivity index (χ4n) is 3.35. The van der Waals surface area contributed by atoms with E-state index < -0.39 is 0 Å². The number of carbonyl (C=O) groups excluding carboxylic acids is 2. The lowest BCUT2D eigenvalue weighted by atomic mass is 10.0. The van der Waals surface area contributed by atoms with Crippen LogP contribution in [0.1, 0.15) is 17.3 Å². The van der Waals surface area contributed by atoms with Crippen LogP contribution in [0, 0.1) is 0 Å². The number of hydrogen-bond donors (Lipinski definition) is 2. The maximum Gasteiger partial charge on any atom is 0.221 e. The summed E-state index contributed by atoms with van der Waals surface area (Å²) >= 11 is 0. The highest BCUT2D eigenvalue weighted by Gasteiger charge is 2.20. The van der Waals surface area contributed by atoms with Gasteiger partial charge in [-0.1, -0.05) is 60.7 Å². The molecular formula is C24H20N2O3. The van der Waals surface area contributed by atoms with Crippen molar-refractivity contribution >= 4 is 28.3 Å². The Kier molecular flexibility index (Phi) is 5.12. The van der Waals surface area contributed by atoms with Gasteiger partial charge in [-0.25, -0.2) is 0 Å². The SMILES string of the molecule is CC(=O)Nc1ccccc1OCC(=O)c1c(-c2ccccc2)[nH]c2ccccc12. The second-order valence-electron chi connectivity index (χ2n) is 6.68. The number of benzene rings is 3. The van der Waals surface area contributed by atoms with Crippen molar-refractivity contribution in [1.82, 2.24) is 4.98 Å². The zero-order chi connectivity index (χ0) is 20.2. The van der Waals surface area contributed by atoms with Crippen molar-refractivity contribution in [2.45, 2.75) is 6.92 Å². The summed E-state index contributed by atoms with van der Waals surface area (Å²) in [5, 5.41) is 3.57. The molecule has 1 amide bonds. The molecule has 144 valence electrons. The Hall–Kier alpha value is -3.86. The van der Waals surface area contributed by atoms with Crippen LogP contribution in [0.4, 0.5) is 5.69 Å². The third-order valence-corrected chi connectivity index (χ3v) is 4.60. The molecule has 0 radical (unpaired) electrons. The molecule has 1 aromatic heterocycles. The Morgan fingerprint density at radius 3 is 2.38 bits per heavy atom. The van der Waals surface area contributed by atoms with Crippen LogP contribution >= 0.6 is 0 Å². The number of aromatic amines is 1. The first-order valence-electron chi connectivity index (χ1n) is 9.32. The second-order valence-corrected chi connectivity index (χ2v) is 6.68. The van der Waals surface area contributed by atoms with E-state index in [2.05, 4.69) is 10.3 Å². The Morgan fingerprint density at radius 2 is 1.59 bits per heavy atom. The fraction of sp³-hybridized carbons (Fsp3) is 0.0833. The molecule has 0 fully saturated rings. The molecule has 0 aliphatic heterocycles. The Balaban J connectivity index is 1.67. The van der Waals surface area contributed by atoms with Gasteiger partial charge in [0.2, 0.25) is 11.7 Å². The number of rotatable bonds is 6. The molecule has 5 nitrogen and oxygen atoms in total. The summed E-state index contributed by atoms with van der Waals surface area (Å²) in [6.07, 6.45) is 0. The molecule has 0 spiro atoms. The number of nitrogens with one attached hydrogen (secondary N) is 2. The smallest absolute Gasteiger partial charge is 0.221 e. The van der Waals surface area contributed by atoms with Crippen LogP contribution < -0.4 is 10.1 Å². The highest BCUT2D eigenvalue weighted by molar-refractivity contribution is 6.14. The van der Waals surface area contributed by atoms with Crippen LogP contribution in [0.2, 0.25) is 0 Å². The second kappa shape index (κ2) is 8.02. The Morgan fingerprint density at radius 1 is 0.897 bits per heavy atom. The van der Waals surface area contributed by atoms with Crippen molar-refractivity contribution in [1.29, 1.82) is 0 Å². The Bertz CT molecular complexity index is 1180. The predicted molar refractivity (Wildman–Crippen MR) is 114 cm³/mol. The van der Waals surface area contributed by atoms with Gasteiger partial charge in [0.1, 0.15) is 5.75 Å². The minimum Gasteiger partial charge on any atom is -0.483 e. The number of Topliss-reactive ketones (excluding diaryl/α,β-unsaturated/α-hetero) is 1. The van der Waals surface area contributed by atoms with E-state index in [1.165, 1.54) is 6.92 Å². The lowest BCUT2D eigenvalue weighted by Crippen LogP contribution is -2.14. The summed E-state index contributed by atoms with van der Waals surface area (Å²) in [7, 11) is 0. The minimum atomic E-state index is -0.199. The number of para-hydroxylation sites is 3. The molecule has 0 aliphatic rings. The molecule has 0 unspecified atom stereocenters. The molecule has 2 N–H and O–H groups in total. The average molecular weight is 384 g/mol. The third kappa shape index (κ3) is 3.89. The first-order chi connectivity index (χ1) is 14.1. The summed E-state index contributed by atoms with van der Waals surface area (Å²) in [5.41, 5.74) is 3.74. The maximum atomic E-state index is 13.2. The van der Waals surface area contributed by atoms with Crippen molar-refractivity contribution < 1.29 is 14.3 Å². The van der Waals surface area contributed by atoms with E-state index in [9.17, 15) is 9.59 Å². The number of aromatic nitrogens is 1. The average Bonchev–Trinajstić information content (AvgIpc) is 3.13. The Labute approximate surface area is 168 Å². The molecule has 0 bridgehead atoms. The minimum absolute atomic E-state index is 0.140. The normalized spacial score (nSPS) is 10.7. The molecule has 4 rings (SSSR count). The van der Waals surface area contributed by atoms with E-state index in [0.717, 1.165) is 22.2 Å². The largest absolute Gasteiger partial charge is 0.483 e. The molecular weight excluding hydrogens is 364 g/mol. The number of ketones is 1. The van der Waals surface area contributed by atoms with Crippen LogP contribution in [-0.2, 0) is 4.79 Å². The zero-order valence-corrected chi connectivity index (χ0v) is 15.9. The van der Waals surface area contributed by atoms with Gasteiger partial charge >= 0.3 is 0 Å². The first-order valence-corrected chi connectivity index (χ1v) is 9.32. The van der Waals surface area contributed by atoms with Gasteiger partial charge in [-0.15, -0.1) is 0 Å². The summed E-state index contributed by atoms with van der Waals surface area (Å²) in [6.45, 7) is 1.29. The van der Waals surface area contributed by atoms with Crippen molar-refractivity contribution in [3.63, 3.8) is 0 Å². The number of amides is 1. The lowest BCUT2D eigenvalue weighted by Gasteiger charge is -2.11.